The molecule has 0 saturated heterocycles. The molecular formula is C45H35NS. The van der Waals surface area contributed by atoms with Crippen LogP contribution in [0.4, 0.5) is 17.1 Å². The summed E-state index contributed by atoms with van der Waals surface area (Å²) in [5.41, 5.74) is 14.2. The Morgan fingerprint density at radius 1 is 0.553 bits per heavy atom. The molecule has 1 aromatic heterocycles. The highest BCUT2D eigenvalue weighted by molar-refractivity contribution is 7.25. The molecule has 2 heteroatoms. The average molecular weight is 622 g/mol. The van der Waals surface area contributed by atoms with Gasteiger partial charge >= 0.3 is 0 Å². The van der Waals surface area contributed by atoms with Crippen molar-refractivity contribution < 1.29 is 0 Å². The summed E-state index contributed by atoms with van der Waals surface area (Å²) < 4.78 is 2.68. The van der Waals surface area contributed by atoms with Crippen molar-refractivity contribution >= 4 is 54.1 Å². The van der Waals surface area contributed by atoms with Crippen LogP contribution in [0.3, 0.4) is 0 Å². The van der Waals surface area contributed by atoms with E-state index in [1.54, 1.807) is 5.57 Å². The number of hydrogen-bond donors (Lipinski definition) is 0. The quantitative estimate of drug-likeness (QED) is 0.185. The number of allylic oxidation sites excluding steroid dienone is 4. The largest absolute Gasteiger partial charge is 0.310 e. The van der Waals surface area contributed by atoms with Crippen molar-refractivity contribution in [2.45, 2.75) is 32.1 Å². The second-order valence-corrected chi connectivity index (χ2v) is 14.4. The minimum atomic E-state index is 0.0165. The lowest BCUT2D eigenvalue weighted by Gasteiger charge is -2.29. The maximum absolute atomic E-state index is 2.44. The molecule has 0 saturated carbocycles. The molecule has 6 aromatic carbocycles. The third kappa shape index (κ3) is 4.67. The van der Waals surface area contributed by atoms with Crippen LogP contribution in [-0.2, 0) is 5.41 Å². The SMILES string of the molecule is CC1(C)C2=C(C=CCC2)c2ccc(N(c3ccc(-c4ccccc4)cc3)c3ccc(-c4ccc5sc6ccccc6c5c4)cc3)cc21. The average Bonchev–Trinajstić information content (AvgIpc) is 3.61. The second kappa shape index (κ2) is 11.0. The molecule has 0 amide bonds. The molecule has 1 heterocycles. The summed E-state index contributed by atoms with van der Waals surface area (Å²) in [5, 5.41) is 2.67. The van der Waals surface area contributed by atoms with Gasteiger partial charge in [0.25, 0.3) is 0 Å². The molecule has 9 rings (SSSR count). The molecule has 0 spiro atoms. The summed E-state index contributed by atoms with van der Waals surface area (Å²) in [6, 6.07) is 51.5. The van der Waals surface area contributed by atoms with Crippen LogP contribution in [0.25, 0.3) is 48.0 Å². The Hall–Kier alpha value is -5.18. The number of fused-ring (bicyclic) bond motifs is 5. The van der Waals surface area contributed by atoms with Crippen molar-refractivity contribution in [2.75, 3.05) is 4.90 Å². The van der Waals surface area contributed by atoms with Crippen LogP contribution in [0, 0.1) is 0 Å². The van der Waals surface area contributed by atoms with E-state index in [0.717, 1.165) is 24.2 Å². The van der Waals surface area contributed by atoms with Crippen molar-refractivity contribution in [2.24, 2.45) is 0 Å². The normalized spacial score (nSPS) is 14.9. The van der Waals surface area contributed by atoms with E-state index in [2.05, 4.69) is 170 Å². The Kier molecular flexibility index (Phi) is 6.55. The van der Waals surface area contributed by atoms with Crippen molar-refractivity contribution in [1.29, 1.82) is 0 Å². The van der Waals surface area contributed by atoms with Gasteiger partial charge in [-0.15, -0.1) is 11.3 Å². The number of nitrogens with zero attached hydrogens (tertiary/aromatic N) is 1. The lowest BCUT2D eigenvalue weighted by Crippen LogP contribution is -2.18. The molecule has 0 bridgehead atoms. The third-order valence-electron chi connectivity index (χ3n) is 10.2. The first-order valence-corrected chi connectivity index (χ1v) is 17.4. The minimum Gasteiger partial charge on any atom is -0.310 e. The fraction of sp³-hybridized carbons (Fsp3) is 0.111. The highest BCUT2D eigenvalue weighted by Crippen LogP contribution is 2.51. The van der Waals surface area contributed by atoms with E-state index in [1.165, 1.54) is 64.8 Å². The van der Waals surface area contributed by atoms with Crippen molar-refractivity contribution in [3.8, 4) is 22.3 Å². The molecule has 2 aliphatic rings. The van der Waals surface area contributed by atoms with Crippen LogP contribution in [0.1, 0.15) is 37.8 Å². The van der Waals surface area contributed by atoms with Crippen LogP contribution >= 0.6 is 11.3 Å². The zero-order valence-electron chi connectivity index (χ0n) is 26.7. The lowest BCUT2D eigenvalue weighted by atomic mass is 9.78. The van der Waals surface area contributed by atoms with E-state index in [9.17, 15) is 0 Å². The molecule has 1 nitrogen and oxygen atoms in total. The van der Waals surface area contributed by atoms with Gasteiger partial charge in [-0.1, -0.05) is 117 Å². The van der Waals surface area contributed by atoms with Crippen LogP contribution in [-0.4, -0.2) is 0 Å². The number of thiophene rings is 1. The van der Waals surface area contributed by atoms with Gasteiger partial charge in [-0.3, -0.25) is 0 Å². The number of hydrogen-bond acceptors (Lipinski definition) is 2. The first kappa shape index (κ1) is 28.1. The van der Waals surface area contributed by atoms with Gasteiger partial charge < -0.3 is 4.90 Å². The summed E-state index contributed by atoms with van der Waals surface area (Å²) in [6.45, 7) is 4.80. The number of benzene rings is 6. The van der Waals surface area contributed by atoms with E-state index in [1.807, 2.05) is 11.3 Å². The molecule has 47 heavy (non-hydrogen) atoms. The fourth-order valence-corrected chi connectivity index (χ4v) is 8.83. The summed E-state index contributed by atoms with van der Waals surface area (Å²) >= 11 is 1.87. The Labute approximate surface area is 280 Å². The molecule has 2 aliphatic carbocycles. The lowest BCUT2D eigenvalue weighted by molar-refractivity contribution is 0.607. The summed E-state index contributed by atoms with van der Waals surface area (Å²) in [4.78, 5) is 2.41. The molecule has 0 atom stereocenters. The van der Waals surface area contributed by atoms with Gasteiger partial charge in [0.2, 0.25) is 0 Å². The Morgan fingerprint density at radius 2 is 1.17 bits per heavy atom. The molecule has 7 aromatic rings. The van der Waals surface area contributed by atoms with E-state index in [0.29, 0.717) is 0 Å². The van der Waals surface area contributed by atoms with Crippen LogP contribution in [0.2, 0.25) is 0 Å². The topological polar surface area (TPSA) is 3.24 Å². The van der Waals surface area contributed by atoms with E-state index >= 15 is 0 Å². The maximum atomic E-state index is 2.44. The predicted molar refractivity (Wildman–Crippen MR) is 203 cm³/mol. The second-order valence-electron chi connectivity index (χ2n) is 13.3. The fourth-order valence-electron chi connectivity index (χ4n) is 7.74. The van der Waals surface area contributed by atoms with Crippen LogP contribution < -0.4 is 4.90 Å². The highest BCUT2D eigenvalue weighted by atomic mass is 32.1. The first-order chi connectivity index (χ1) is 23.0. The molecule has 0 N–H and O–H groups in total. The Balaban J connectivity index is 1.13. The van der Waals surface area contributed by atoms with Crippen molar-refractivity contribution in [1.82, 2.24) is 0 Å². The summed E-state index contributed by atoms with van der Waals surface area (Å²) in [7, 11) is 0. The van der Waals surface area contributed by atoms with Gasteiger partial charge in [-0.05, 0) is 106 Å². The highest BCUT2D eigenvalue weighted by Gasteiger charge is 2.37. The number of anilines is 3. The number of rotatable bonds is 5. The maximum Gasteiger partial charge on any atom is 0.0465 e. The third-order valence-corrected chi connectivity index (χ3v) is 11.4. The van der Waals surface area contributed by atoms with Crippen molar-refractivity contribution in [3.05, 3.63) is 168 Å². The first-order valence-electron chi connectivity index (χ1n) is 16.6. The van der Waals surface area contributed by atoms with Gasteiger partial charge in [0.15, 0.2) is 0 Å². The molecule has 0 aliphatic heterocycles. The standard InChI is InChI=1S/C45H35NS/c1-45(2)41-14-8-6-12-37(41)38-26-25-36(29-42(38)45)46(34-21-16-31(17-22-34)30-10-4-3-5-11-30)35-23-18-32(19-24-35)33-20-27-44-40(28-33)39-13-7-9-15-43(39)47-44/h3-7,9-13,15-29H,8,14H2,1-2H3. The smallest absolute Gasteiger partial charge is 0.0465 e. The Bertz CT molecular complexity index is 2350. The molecular weight excluding hydrogens is 587 g/mol. The van der Waals surface area contributed by atoms with Crippen LogP contribution in [0.15, 0.2) is 157 Å². The van der Waals surface area contributed by atoms with Gasteiger partial charge in [-0.2, -0.15) is 0 Å². The van der Waals surface area contributed by atoms with E-state index < -0.39 is 0 Å². The van der Waals surface area contributed by atoms with Crippen LogP contribution in [0.5, 0.6) is 0 Å². The monoisotopic (exact) mass is 621 g/mol. The predicted octanol–water partition coefficient (Wildman–Crippen LogP) is 13.3. The van der Waals surface area contributed by atoms with E-state index in [4.69, 9.17) is 0 Å². The molecule has 0 fully saturated rings. The summed E-state index contributed by atoms with van der Waals surface area (Å²) in [6.07, 6.45) is 6.95. The molecule has 0 radical (unpaired) electrons. The zero-order valence-corrected chi connectivity index (χ0v) is 27.5. The van der Waals surface area contributed by atoms with E-state index in [-0.39, 0.29) is 5.41 Å². The van der Waals surface area contributed by atoms with Crippen molar-refractivity contribution in [3.63, 3.8) is 0 Å². The Morgan fingerprint density at radius 3 is 1.94 bits per heavy atom. The van der Waals surface area contributed by atoms with Gasteiger partial charge in [0.05, 0.1) is 0 Å². The van der Waals surface area contributed by atoms with Gasteiger partial charge in [0.1, 0.15) is 0 Å². The minimum absolute atomic E-state index is 0.0165. The van der Waals surface area contributed by atoms with Gasteiger partial charge in [-0.25, -0.2) is 0 Å². The summed E-state index contributed by atoms with van der Waals surface area (Å²) in [5.74, 6) is 0. The molecule has 0 unspecified atom stereocenters. The zero-order chi connectivity index (χ0) is 31.5. The molecule has 226 valence electrons. The van der Waals surface area contributed by atoms with Gasteiger partial charge in [0, 0.05) is 42.6 Å².